The van der Waals surface area contributed by atoms with Crippen LogP contribution in [0.4, 0.5) is 9.18 Å². The van der Waals surface area contributed by atoms with Crippen LogP contribution >= 0.6 is 0 Å². The summed E-state index contributed by atoms with van der Waals surface area (Å²) in [4.78, 5) is 43.3. The molecule has 4 aliphatic rings. The SMILES string of the molecule is O=C1NNC(Cc2ccc(F)c(C(=O)N3CCN(C(=O)N4CCOCC4)CC3)c2)C2CCCCC12. The molecule has 4 amide bonds. The molecular formula is C25H34FN5O4. The van der Waals surface area contributed by atoms with Crippen LogP contribution in [0, 0.1) is 17.7 Å². The number of hydrazine groups is 1. The molecule has 3 aliphatic heterocycles. The second-order valence-electron chi connectivity index (χ2n) is 9.97. The zero-order valence-corrected chi connectivity index (χ0v) is 20.0. The number of benzene rings is 1. The predicted molar refractivity (Wildman–Crippen MR) is 126 cm³/mol. The largest absolute Gasteiger partial charge is 0.378 e. The van der Waals surface area contributed by atoms with Gasteiger partial charge in [0.25, 0.3) is 5.91 Å². The molecule has 3 atom stereocenters. The molecule has 0 radical (unpaired) electrons. The van der Waals surface area contributed by atoms with Gasteiger partial charge in [0, 0.05) is 51.2 Å². The summed E-state index contributed by atoms with van der Waals surface area (Å²) in [5.41, 5.74) is 6.89. The number of piperazine rings is 1. The second kappa shape index (κ2) is 10.5. The molecule has 0 spiro atoms. The van der Waals surface area contributed by atoms with Crippen molar-refractivity contribution in [2.45, 2.75) is 38.1 Å². The van der Waals surface area contributed by atoms with E-state index in [9.17, 15) is 18.8 Å². The average molecular weight is 488 g/mol. The number of halogens is 1. The number of carbonyl (C=O) groups excluding carboxylic acids is 3. The molecule has 0 aromatic heterocycles. The molecule has 1 aliphatic carbocycles. The van der Waals surface area contributed by atoms with Crippen LogP contribution in [0.15, 0.2) is 18.2 Å². The van der Waals surface area contributed by atoms with Gasteiger partial charge in [0.1, 0.15) is 5.82 Å². The van der Waals surface area contributed by atoms with E-state index in [4.69, 9.17) is 4.74 Å². The van der Waals surface area contributed by atoms with Crippen LogP contribution in [0.25, 0.3) is 0 Å². The molecule has 1 aromatic carbocycles. The van der Waals surface area contributed by atoms with Crippen LogP contribution < -0.4 is 10.9 Å². The lowest BCUT2D eigenvalue weighted by molar-refractivity contribution is -0.133. The number of urea groups is 1. The summed E-state index contributed by atoms with van der Waals surface area (Å²) in [6.45, 7) is 3.86. The third-order valence-corrected chi connectivity index (χ3v) is 7.89. The summed E-state index contributed by atoms with van der Waals surface area (Å²) < 4.78 is 20.0. The van der Waals surface area contributed by atoms with Gasteiger partial charge in [0.2, 0.25) is 5.91 Å². The Kier molecular flexibility index (Phi) is 7.19. The van der Waals surface area contributed by atoms with Gasteiger partial charge in [-0.05, 0) is 42.9 Å². The molecule has 5 rings (SSSR count). The van der Waals surface area contributed by atoms with Gasteiger partial charge >= 0.3 is 6.03 Å². The average Bonchev–Trinajstić information content (AvgIpc) is 2.91. The fourth-order valence-electron chi connectivity index (χ4n) is 5.88. The van der Waals surface area contributed by atoms with Gasteiger partial charge in [-0.25, -0.2) is 14.6 Å². The van der Waals surface area contributed by atoms with E-state index in [0.29, 0.717) is 58.9 Å². The van der Waals surface area contributed by atoms with Crippen LogP contribution in [-0.2, 0) is 16.0 Å². The second-order valence-corrected chi connectivity index (χ2v) is 9.97. The Balaban J connectivity index is 1.21. The first-order valence-corrected chi connectivity index (χ1v) is 12.8. The number of amides is 4. The van der Waals surface area contributed by atoms with Gasteiger partial charge in [-0.15, -0.1) is 0 Å². The Morgan fingerprint density at radius 3 is 2.43 bits per heavy atom. The molecule has 3 heterocycles. The van der Waals surface area contributed by atoms with Crippen LogP contribution in [-0.4, -0.2) is 91.1 Å². The van der Waals surface area contributed by atoms with E-state index in [-0.39, 0.29) is 41.3 Å². The van der Waals surface area contributed by atoms with Crippen molar-refractivity contribution in [1.29, 1.82) is 0 Å². The van der Waals surface area contributed by atoms with Crippen molar-refractivity contribution in [1.82, 2.24) is 25.6 Å². The lowest BCUT2D eigenvalue weighted by atomic mass is 9.72. The molecule has 1 saturated carbocycles. The lowest BCUT2D eigenvalue weighted by Gasteiger charge is -2.41. The zero-order chi connectivity index (χ0) is 24.4. The van der Waals surface area contributed by atoms with Gasteiger partial charge < -0.3 is 19.4 Å². The number of morpholine rings is 1. The van der Waals surface area contributed by atoms with Gasteiger partial charge in [-0.3, -0.25) is 15.0 Å². The molecule has 4 fully saturated rings. The third kappa shape index (κ3) is 5.13. The molecule has 35 heavy (non-hydrogen) atoms. The highest BCUT2D eigenvalue weighted by atomic mass is 19.1. The van der Waals surface area contributed by atoms with E-state index in [1.54, 1.807) is 26.8 Å². The minimum absolute atomic E-state index is 0.0213. The summed E-state index contributed by atoms with van der Waals surface area (Å²) in [6.07, 6.45) is 4.70. The maximum Gasteiger partial charge on any atom is 0.320 e. The van der Waals surface area contributed by atoms with Crippen LogP contribution in [0.1, 0.15) is 41.6 Å². The number of fused-ring (bicyclic) bond motifs is 1. The quantitative estimate of drug-likeness (QED) is 0.672. The fraction of sp³-hybridized carbons (Fsp3) is 0.640. The first kappa shape index (κ1) is 24.0. The molecule has 190 valence electrons. The monoisotopic (exact) mass is 487 g/mol. The predicted octanol–water partition coefficient (Wildman–Crippen LogP) is 1.39. The Bertz CT molecular complexity index is 961. The molecule has 2 N–H and O–H groups in total. The van der Waals surface area contributed by atoms with Crippen LogP contribution in [0.5, 0.6) is 0 Å². The van der Waals surface area contributed by atoms with Crippen LogP contribution in [0.2, 0.25) is 0 Å². The van der Waals surface area contributed by atoms with Crippen molar-refractivity contribution in [3.05, 3.63) is 35.1 Å². The highest BCUT2D eigenvalue weighted by Gasteiger charge is 2.40. The Morgan fingerprint density at radius 2 is 1.66 bits per heavy atom. The smallest absolute Gasteiger partial charge is 0.320 e. The first-order chi connectivity index (χ1) is 17.0. The fourth-order valence-corrected chi connectivity index (χ4v) is 5.88. The van der Waals surface area contributed by atoms with E-state index in [0.717, 1.165) is 31.2 Å². The van der Waals surface area contributed by atoms with Gasteiger partial charge in [0.05, 0.1) is 18.8 Å². The van der Waals surface area contributed by atoms with E-state index in [1.807, 2.05) is 0 Å². The maximum atomic E-state index is 14.7. The number of nitrogens with one attached hydrogen (secondary N) is 2. The van der Waals surface area contributed by atoms with Crippen molar-refractivity contribution in [2.75, 3.05) is 52.5 Å². The molecular weight excluding hydrogens is 453 g/mol. The molecule has 3 unspecified atom stereocenters. The zero-order valence-electron chi connectivity index (χ0n) is 20.0. The van der Waals surface area contributed by atoms with Crippen molar-refractivity contribution in [3.63, 3.8) is 0 Å². The van der Waals surface area contributed by atoms with Gasteiger partial charge in [0.15, 0.2) is 0 Å². The Hall–Kier alpha value is -2.72. The standard InChI is InChI=1S/C25H34FN5O4/c26-21-6-5-17(16-22-18-3-1-2-4-19(18)23(32)28-27-22)15-20(21)24(33)29-7-9-30(10-8-29)25(34)31-11-13-35-14-12-31/h5-6,15,18-19,22,27H,1-4,7-14,16H2,(H,28,32). The number of carbonyl (C=O) groups is 3. The summed E-state index contributed by atoms with van der Waals surface area (Å²) in [5, 5.41) is 0. The van der Waals surface area contributed by atoms with Crippen molar-refractivity contribution >= 4 is 17.8 Å². The van der Waals surface area contributed by atoms with E-state index in [1.165, 1.54) is 6.07 Å². The maximum absolute atomic E-state index is 14.7. The van der Waals surface area contributed by atoms with Crippen molar-refractivity contribution in [2.24, 2.45) is 11.8 Å². The van der Waals surface area contributed by atoms with Gasteiger partial charge in [-0.2, -0.15) is 0 Å². The number of nitrogens with zero attached hydrogens (tertiary/aromatic N) is 3. The molecule has 0 bridgehead atoms. The number of rotatable bonds is 3. The molecule has 1 aromatic rings. The summed E-state index contributed by atoms with van der Waals surface area (Å²) in [6, 6.07) is 4.77. The lowest BCUT2D eigenvalue weighted by Crippen LogP contribution is -2.60. The van der Waals surface area contributed by atoms with Crippen LogP contribution in [0.3, 0.4) is 0 Å². The minimum Gasteiger partial charge on any atom is -0.378 e. The minimum atomic E-state index is -0.536. The Morgan fingerprint density at radius 1 is 0.971 bits per heavy atom. The number of hydrogen-bond donors (Lipinski definition) is 2. The third-order valence-electron chi connectivity index (χ3n) is 7.89. The molecule has 10 heteroatoms. The molecule has 3 saturated heterocycles. The van der Waals surface area contributed by atoms with Crippen molar-refractivity contribution in [3.8, 4) is 0 Å². The highest BCUT2D eigenvalue weighted by molar-refractivity contribution is 5.95. The Labute approximate surface area is 204 Å². The van der Waals surface area contributed by atoms with E-state index >= 15 is 0 Å². The van der Waals surface area contributed by atoms with E-state index < -0.39 is 5.82 Å². The topological polar surface area (TPSA) is 94.2 Å². The normalized spacial score (nSPS) is 27.3. The molecule has 9 nitrogen and oxygen atoms in total. The van der Waals surface area contributed by atoms with Gasteiger partial charge in [-0.1, -0.05) is 18.9 Å². The first-order valence-electron chi connectivity index (χ1n) is 12.8. The van der Waals surface area contributed by atoms with E-state index in [2.05, 4.69) is 10.9 Å². The highest BCUT2D eigenvalue weighted by Crippen LogP contribution is 2.35. The van der Waals surface area contributed by atoms with Crippen molar-refractivity contribution < 1.29 is 23.5 Å². The summed E-state index contributed by atoms with van der Waals surface area (Å²) in [5.74, 6) is -0.548. The summed E-state index contributed by atoms with van der Waals surface area (Å²) in [7, 11) is 0. The summed E-state index contributed by atoms with van der Waals surface area (Å²) >= 11 is 0. The number of hydrogen-bond acceptors (Lipinski definition) is 5. The number of ether oxygens (including phenoxy) is 1.